The van der Waals surface area contributed by atoms with Gasteiger partial charge in [-0.15, -0.1) is 0 Å². The van der Waals surface area contributed by atoms with Crippen LogP contribution in [0, 0.1) is 0 Å². The lowest BCUT2D eigenvalue weighted by Crippen LogP contribution is -2.43. The van der Waals surface area contributed by atoms with Gasteiger partial charge < -0.3 is 14.0 Å². The molecule has 0 atom stereocenters. The van der Waals surface area contributed by atoms with Crippen LogP contribution in [0.2, 0.25) is 0 Å². The Bertz CT molecular complexity index is 786. The van der Waals surface area contributed by atoms with E-state index in [1.165, 1.54) is 75.3 Å². The van der Waals surface area contributed by atoms with Crippen LogP contribution >= 0.6 is 0 Å². The van der Waals surface area contributed by atoms with Gasteiger partial charge in [0.05, 0.1) is 14.1 Å². The van der Waals surface area contributed by atoms with E-state index in [-0.39, 0.29) is 12.8 Å². The molecule has 0 N–H and O–H groups in total. The fraction of sp³-hybridized carbons (Fsp3) is 0.567. The number of carbonyl (C=O) groups excluding carboxylic acids is 1. The predicted molar refractivity (Wildman–Crippen MR) is 141 cm³/mol. The number of ether oxygens (including phenoxy) is 2. The normalized spacial score (nSPS) is 11.4. The molecule has 0 saturated heterocycles. The highest BCUT2D eigenvalue weighted by Gasteiger charge is 2.21. The summed E-state index contributed by atoms with van der Waals surface area (Å²) in [5.74, 6) is 0.483. The molecule has 0 unspecified atom stereocenters. The topological polar surface area (TPSA) is 35.5 Å². The number of hydrogen-bond donors (Lipinski definition) is 0. The molecule has 0 aliphatic carbocycles. The maximum absolute atomic E-state index is 12.2. The summed E-state index contributed by atoms with van der Waals surface area (Å²) in [6.07, 6.45) is 14.7. The van der Waals surface area contributed by atoms with Gasteiger partial charge in [-0.1, -0.05) is 107 Å². The second kappa shape index (κ2) is 16.3. The van der Waals surface area contributed by atoms with E-state index < -0.39 is 0 Å². The minimum absolute atomic E-state index is 0.0536. The Morgan fingerprint density at radius 1 is 0.735 bits per heavy atom. The Labute approximate surface area is 207 Å². The summed E-state index contributed by atoms with van der Waals surface area (Å²) in [4.78, 5) is 12.2. The van der Waals surface area contributed by atoms with E-state index in [0.29, 0.717) is 11.0 Å². The molecule has 0 radical (unpaired) electrons. The predicted octanol–water partition coefficient (Wildman–Crippen LogP) is 7.31. The number of unbranched alkanes of at least 4 members (excludes halogenated alkanes) is 9. The van der Waals surface area contributed by atoms with Crippen molar-refractivity contribution in [1.82, 2.24) is 0 Å². The average Bonchev–Trinajstić information content (AvgIpc) is 2.81. The summed E-state index contributed by atoms with van der Waals surface area (Å²) >= 11 is 0. The number of rotatable bonds is 18. The minimum Gasteiger partial charge on any atom is -0.457 e. The number of esters is 1. The van der Waals surface area contributed by atoms with Crippen molar-refractivity contribution in [3.05, 3.63) is 65.7 Å². The standard InChI is InChI=1S/C30H46NO3/c1-4-5-6-7-8-9-10-11-12-14-17-27-20-22-29(23-21-27)33-26-34-30(32)25-31(2,3)24-28-18-15-13-16-19-28/h13,15-16,18-23H,4-12,14,17,24-26H2,1-3H3/q+1. The van der Waals surface area contributed by atoms with Crippen LogP contribution in [0.5, 0.6) is 5.75 Å². The molecule has 0 spiro atoms. The van der Waals surface area contributed by atoms with E-state index in [0.717, 1.165) is 18.7 Å². The average molecular weight is 469 g/mol. The van der Waals surface area contributed by atoms with Crippen molar-refractivity contribution in [2.75, 3.05) is 27.4 Å². The van der Waals surface area contributed by atoms with Crippen molar-refractivity contribution in [2.45, 2.75) is 84.1 Å². The summed E-state index contributed by atoms with van der Waals surface area (Å²) in [6.45, 7) is 3.29. The van der Waals surface area contributed by atoms with Gasteiger partial charge in [0, 0.05) is 5.56 Å². The summed E-state index contributed by atoms with van der Waals surface area (Å²) in [5, 5.41) is 0. The molecule has 4 heteroatoms. The van der Waals surface area contributed by atoms with E-state index in [9.17, 15) is 4.79 Å². The van der Waals surface area contributed by atoms with Crippen LogP contribution in [0.25, 0.3) is 0 Å². The molecule has 2 aromatic carbocycles. The van der Waals surface area contributed by atoms with Crippen LogP contribution in [0.4, 0.5) is 0 Å². The molecule has 2 aromatic rings. The van der Waals surface area contributed by atoms with Crippen molar-refractivity contribution in [2.24, 2.45) is 0 Å². The highest BCUT2D eigenvalue weighted by molar-refractivity contribution is 5.70. The Hall–Kier alpha value is -2.33. The fourth-order valence-electron chi connectivity index (χ4n) is 4.26. The number of benzene rings is 2. The molecule has 188 valence electrons. The van der Waals surface area contributed by atoms with Crippen molar-refractivity contribution >= 4 is 5.97 Å². The quantitative estimate of drug-likeness (QED) is 0.0996. The maximum Gasteiger partial charge on any atom is 0.364 e. The molecular weight excluding hydrogens is 422 g/mol. The van der Waals surface area contributed by atoms with Crippen molar-refractivity contribution in [3.63, 3.8) is 0 Å². The van der Waals surface area contributed by atoms with Gasteiger partial charge in [-0.05, 0) is 30.5 Å². The molecular formula is C30H46NO3+. The van der Waals surface area contributed by atoms with Gasteiger partial charge in [0.2, 0.25) is 6.79 Å². The summed E-state index contributed by atoms with van der Waals surface area (Å²) < 4.78 is 11.5. The van der Waals surface area contributed by atoms with Gasteiger partial charge in [-0.3, -0.25) is 0 Å². The van der Waals surface area contributed by atoms with Crippen LogP contribution in [0.15, 0.2) is 54.6 Å². The molecule has 0 amide bonds. The van der Waals surface area contributed by atoms with Gasteiger partial charge in [-0.25, -0.2) is 4.79 Å². The maximum atomic E-state index is 12.2. The Morgan fingerprint density at radius 3 is 1.94 bits per heavy atom. The van der Waals surface area contributed by atoms with Crippen LogP contribution in [-0.4, -0.2) is 37.9 Å². The fourth-order valence-corrected chi connectivity index (χ4v) is 4.26. The summed E-state index contributed by atoms with van der Waals surface area (Å²) in [7, 11) is 4.06. The molecule has 0 saturated carbocycles. The third-order valence-corrected chi connectivity index (χ3v) is 6.20. The molecule has 0 bridgehead atoms. The molecule has 34 heavy (non-hydrogen) atoms. The Balaban J connectivity index is 1.54. The lowest BCUT2D eigenvalue weighted by Gasteiger charge is -2.28. The van der Waals surface area contributed by atoms with Gasteiger partial charge in [-0.2, -0.15) is 0 Å². The molecule has 2 rings (SSSR count). The first-order valence-corrected chi connectivity index (χ1v) is 13.2. The second-order valence-corrected chi connectivity index (χ2v) is 10.1. The number of carbonyl (C=O) groups is 1. The van der Waals surface area contributed by atoms with Crippen molar-refractivity contribution in [3.8, 4) is 5.75 Å². The number of likely N-dealkylation sites (N-methyl/N-ethyl adjacent to an activating group) is 1. The number of quaternary nitrogens is 1. The zero-order valence-electron chi connectivity index (χ0n) is 21.8. The Morgan fingerprint density at radius 2 is 1.32 bits per heavy atom. The van der Waals surface area contributed by atoms with E-state index in [2.05, 4.69) is 31.2 Å². The lowest BCUT2D eigenvalue weighted by atomic mass is 10.0. The number of hydrogen-bond acceptors (Lipinski definition) is 3. The van der Waals surface area contributed by atoms with Crippen molar-refractivity contribution < 1.29 is 18.8 Å². The first kappa shape index (κ1) is 27.9. The van der Waals surface area contributed by atoms with Crippen LogP contribution in [0.3, 0.4) is 0 Å². The van der Waals surface area contributed by atoms with Gasteiger partial charge in [0.15, 0.2) is 6.54 Å². The van der Waals surface area contributed by atoms with Crippen molar-refractivity contribution in [1.29, 1.82) is 0 Å². The molecule has 4 nitrogen and oxygen atoms in total. The largest absolute Gasteiger partial charge is 0.457 e. The van der Waals surface area contributed by atoms with Gasteiger partial charge in [0.1, 0.15) is 12.3 Å². The third-order valence-electron chi connectivity index (χ3n) is 6.20. The highest BCUT2D eigenvalue weighted by Crippen LogP contribution is 2.16. The van der Waals surface area contributed by atoms with Gasteiger partial charge >= 0.3 is 5.97 Å². The van der Waals surface area contributed by atoms with Crippen LogP contribution < -0.4 is 4.74 Å². The first-order valence-electron chi connectivity index (χ1n) is 13.2. The number of nitrogens with zero attached hydrogens (tertiary/aromatic N) is 1. The molecule has 0 aromatic heterocycles. The third kappa shape index (κ3) is 12.8. The summed E-state index contributed by atoms with van der Waals surface area (Å²) in [5.41, 5.74) is 2.54. The lowest BCUT2D eigenvalue weighted by molar-refractivity contribution is -0.896. The molecule has 0 heterocycles. The summed E-state index contributed by atoms with van der Waals surface area (Å²) in [6, 6.07) is 18.4. The molecule has 0 fully saturated rings. The first-order chi connectivity index (χ1) is 16.5. The van der Waals surface area contributed by atoms with Crippen LogP contribution in [0.1, 0.15) is 82.3 Å². The van der Waals surface area contributed by atoms with E-state index in [1.807, 2.05) is 44.4 Å². The molecule has 0 aliphatic rings. The van der Waals surface area contributed by atoms with E-state index in [4.69, 9.17) is 9.47 Å². The van der Waals surface area contributed by atoms with E-state index in [1.54, 1.807) is 0 Å². The Kier molecular flexibility index (Phi) is 13.4. The monoisotopic (exact) mass is 468 g/mol. The van der Waals surface area contributed by atoms with Gasteiger partial charge in [0.25, 0.3) is 0 Å². The second-order valence-electron chi connectivity index (χ2n) is 10.1. The zero-order chi connectivity index (χ0) is 24.5. The SMILES string of the molecule is CCCCCCCCCCCCc1ccc(OCOC(=O)C[N+](C)(C)Cc2ccccc2)cc1. The number of aryl methyl sites for hydroxylation is 1. The smallest absolute Gasteiger partial charge is 0.364 e. The van der Waals surface area contributed by atoms with E-state index >= 15 is 0 Å². The minimum atomic E-state index is -0.251. The highest BCUT2D eigenvalue weighted by atomic mass is 16.7. The van der Waals surface area contributed by atoms with Crippen LogP contribution in [-0.2, 0) is 22.5 Å². The molecule has 0 aliphatic heterocycles. The zero-order valence-corrected chi connectivity index (χ0v) is 21.8.